The van der Waals surface area contributed by atoms with Gasteiger partial charge in [0.15, 0.2) is 0 Å². The van der Waals surface area contributed by atoms with E-state index in [9.17, 15) is 4.79 Å². The lowest BCUT2D eigenvalue weighted by Gasteiger charge is -2.28. The van der Waals surface area contributed by atoms with Gasteiger partial charge in [0.25, 0.3) is 0 Å². The smallest absolute Gasteiger partial charge is 0.320 e. The standard InChI is InChI=1S/C19H29N3O3/c1-3-21(4-2)19(23)22-9-12-25-18-6-5-16(13-17(18)15-22)14-20-7-10-24-11-8-20/h5-6,13H,3-4,7-12,14-15H2,1-2H3. The third-order valence-electron chi connectivity index (χ3n) is 4.92. The van der Waals surface area contributed by atoms with Crippen LogP contribution in [0.2, 0.25) is 0 Å². The molecule has 0 bridgehead atoms. The molecule has 0 atom stereocenters. The van der Waals surface area contributed by atoms with Gasteiger partial charge in [-0.25, -0.2) is 4.79 Å². The molecule has 1 aromatic carbocycles. The molecule has 0 spiro atoms. The highest BCUT2D eigenvalue weighted by Gasteiger charge is 2.23. The number of carbonyl (C=O) groups is 1. The van der Waals surface area contributed by atoms with E-state index in [0.29, 0.717) is 19.7 Å². The first-order chi connectivity index (χ1) is 12.2. The Morgan fingerprint density at radius 3 is 2.60 bits per heavy atom. The first-order valence-corrected chi connectivity index (χ1v) is 9.29. The lowest BCUT2D eigenvalue weighted by atomic mass is 10.1. The van der Waals surface area contributed by atoms with Gasteiger partial charge in [0, 0.05) is 38.3 Å². The highest BCUT2D eigenvalue weighted by Crippen LogP contribution is 2.25. The van der Waals surface area contributed by atoms with Crippen LogP contribution in [0.25, 0.3) is 0 Å². The Morgan fingerprint density at radius 2 is 1.88 bits per heavy atom. The number of hydrogen-bond acceptors (Lipinski definition) is 4. The number of amides is 2. The minimum atomic E-state index is 0.0973. The molecule has 3 rings (SSSR count). The number of carbonyl (C=O) groups excluding carboxylic acids is 1. The molecule has 6 nitrogen and oxygen atoms in total. The molecular formula is C19H29N3O3. The van der Waals surface area contributed by atoms with Crippen molar-refractivity contribution in [3.05, 3.63) is 29.3 Å². The number of benzene rings is 1. The van der Waals surface area contributed by atoms with E-state index in [1.165, 1.54) is 5.56 Å². The highest BCUT2D eigenvalue weighted by molar-refractivity contribution is 5.74. The van der Waals surface area contributed by atoms with Crippen molar-refractivity contribution in [1.82, 2.24) is 14.7 Å². The van der Waals surface area contributed by atoms with Crippen molar-refractivity contribution in [2.24, 2.45) is 0 Å². The second-order valence-corrected chi connectivity index (χ2v) is 6.56. The van der Waals surface area contributed by atoms with E-state index in [1.54, 1.807) is 0 Å². The van der Waals surface area contributed by atoms with Crippen molar-refractivity contribution in [1.29, 1.82) is 0 Å². The van der Waals surface area contributed by atoms with Gasteiger partial charge in [-0.3, -0.25) is 4.90 Å². The number of fused-ring (bicyclic) bond motifs is 1. The van der Waals surface area contributed by atoms with Gasteiger partial charge >= 0.3 is 6.03 Å². The average molecular weight is 347 g/mol. The molecule has 2 aliphatic heterocycles. The Morgan fingerprint density at radius 1 is 1.12 bits per heavy atom. The Kier molecular flexibility index (Phi) is 6.15. The number of hydrogen-bond donors (Lipinski definition) is 0. The summed E-state index contributed by atoms with van der Waals surface area (Å²) < 4.78 is 11.3. The monoisotopic (exact) mass is 347 g/mol. The molecule has 0 saturated carbocycles. The van der Waals surface area contributed by atoms with E-state index in [2.05, 4.69) is 23.1 Å². The zero-order chi connectivity index (χ0) is 17.6. The second kappa shape index (κ2) is 8.54. The van der Waals surface area contributed by atoms with Crippen molar-refractivity contribution < 1.29 is 14.3 Å². The maximum atomic E-state index is 12.7. The largest absolute Gasteiger partial charge is 0.491 e. The van der Waals surface area contributed by atoms with Gasteiger partial charge in [0.1, 0.15) is 12.4 Å². The van der Waals surface area contributed by atoms with Gasteiger partial charge < -0.3 is 19.3 Å². The van der Waals surface area contributed by atoms with Crippen LogP contribution in [0.4, 0.5) is 4.79 Å². The van der Waals surface area contributed by atoms with E-state index in [1.807, 2.05) is 23.6 Å². The van der Waals surface area contributed by atoms with Gasteiger partial charge in [0.2, 0.25) is 0 Å². The highest BCUT2D eigenvalue weighted by atomic mass is 16.5. The van der Waals surface area contributed by atoms with Crippen molar-refractivity contribution >= 4 is 6.03 Å². The number of urea groups is 1. The van der Waals surface area contributed by atoms with E-state index in [4.69, 9.17) is 9.47 Å². The summed E-state index contributed by atoms with van der Waals surface area (Å²) in [7, 11) is 0. The van der Waals surface area contributed by atoms with Crippen LogP contribution in [0.15, 0.2) is 18.2 Å². The van der Waals surface area contributed by atoms with Crippen LogP contribution < -0.4 is 4.74 Å². The first-order valence-electron chi connectivity index (χ1n) is 9.29. The maximum Gasteiger partial charge on any atom is 0.320 e. The van der Waals surface area contributed by atoms with Crippen LogP contribution >= 0.6 is 0 Å². The number of ether oxygens (including phenoxy) is 2. The zero-order valence-corrected chi connectivity index (χ0v) is 15.4. The third kappa shape index (κ3) is 4.44. The minimum Gasteiger partial charge on any atom is -0.491 e. The zero-order valence-electron chi connectivity index (χ0n) is 15.4. The lowest BCUT2D eigenvalue weighted by molar-refractivity contribution is 0.0342. The van der Waals surface area contributed by atoms with Gasteiger partial charge in [-0.1, -0.05) is 6.07 Å². The summed E-state index contributed by atoms with van der Waals surface area (Å²) >= 11 is 0. The molecule has 1 aromatic rings. The van der Waals surface area contributed by atoms with Crippen LogP contribution in [0.5, 0.6) is 5.75 Å². The molecule has 6 heteroatoms. The van der Waals surface area contributed by atoms with Crippen LogP contribution in [0.3, 0.4) is 0 Å². The molecule has 0 unspecified atom stereocenters. The minimum absolute atomic E-state index is 0.0973. The average Bonchev–Trinajstić information content (AvgIpc) is 2.85. The Labute approximate surface area is 150 Å². The summed E-state index contributed by atoms with van der Waals surface area (Å²) in [5.74, 6) is 0.903. The molecule has 1 saturated heterocycles. The first kappa shape index (κ1) is 18.0. The molecule has 25 heavy (non-hydrogen) atoms. The van der Waals surface area contributed by atoms with Crippen LogP contribution in [0.1, 0.15) is 25.0 Å². The molecule has 0 radical (unpaired) electrons. The van der Waals surface area contributed by atoms with Crippen LogP contribution in [0, 0.1) is 0 Å². The molecule has 2 aliphatic rings. The summed E-state index contributed by atoms with van der Waals surface area (Å²) in [5, 5.41) is 0. The molecular weight excluding hydrogens is 318 g/mol. The second-order valence-electron chi connectivity index (χ2n) is 6.56. The SMILES string of the molecule is CCN(CC)C(=O)N1CCOc2ccc(CN3CCOCC3)cc2C1. The molecule has 1 fully saturated rings. The summed E-state index contributed by atoms with van der Waals surface area (Å²) in [4.78, 5) is 18.9. The van der Waals surface area contributed by atoms with Crippen LogP contribution in [-0.2, 0) is 17.8 Å². The van der Waals surface area contributed by atoms with Crippen molar-refractivity contribution in [2.45, 2.75) is 26.9 Å². The van der Waals surface area contributed by atoms with Gasteiger partial charge in [-0.15, -0.1) is 0 Å². The van der Waals surface area contributed by atoms with E-state index in [-0.39, 0.29) is 6.03 Å². The van der Waals surface area contributed by atoms with E-state index < -0.39 is 0 Å². The summed E-state index contributed by atoms with van der Waals surface area (Å²) in [6.07, 6.45) is 0. The fourth-order valence-electron chi connectivity index (χ4n) is 3.42. The lowest BCUT2D eigenvalue weighted by Crippen LogP contribution is -2.43. The summed E-state index contributed by atoms with van der Waals surface area (Å²) in [6.45, 7) is 11.8. The molecule has 2 amide bonds. The number of rotatable bonds is 4. The molecule has 0 aromatic heterocycles. The molecule has 0 N–H and O–H groups in total. The normalized spacial score (nSPS) is 18.2. The summed E-state index contributed by atoms with van der Waals surface area (Å²) in [5.41, 5.74) is 2.37. The third-order valence-corrected chi connectivity index (χ3v) is 4.92. The molecule has 0 aliphatic carbocycles. The number of morpholine rings is 1. The van der Waals surface area contributed by atoms with Crippen molar-refractivity contribution in [2.75, 3.05) is 52.5 Å². The number of nitrogens with zero attached hydrogens (tertiary/aromatic N) is 3. The Hall–Kier alpha value is -1.79. The van der Waals surface area contributed by atoms with Gasteiger partial charge in [-0.05, 0) is 31.5 Å². The maximum absolute atomic E-state index is 12.7. The quantitative estimate of drug-likeness (QED) is 0.837. The topological polar surface area (TPSA) is 45.2 Å². The summed E-state index contributed by atoms with van der Waals surface area (Å²) in [6, 6.07) is 6.48. The predicted octanol–water partition coefficient (Wildman–Crippen LogP) is 2.17. The molecule has 2 heterocycles. The van der Waals surface area contributed by atoms with Gasteiger partial charge in [-0.2, -0.15) is 0 Å². The van der Waals surface area contributed by atoms with E-state index >= 15 is 0 Å². The fourth-order valence-corrected chi connectivity index (χ4v) is 3.42. The Balaban J connectivity index is 1.72. The van der Waals surface area contributed by atoms with Crippen molar-refractivity contribution in [3.63, 3.8) is 0 Å². The van der Waals surface area contributed by atoms with Crippen LogP contribution in [-0.4, -0.2) is 73.3 Å². The Bertz CT molecular complexity index is 583. The molecule has 138 valence electrons. The van der Waals surface area contributed by atoms with Crippen molar-refractivity contribution in [3.8, 4) is 5.75 Å². The van der Waals surface area contributed by atoms with Gasteiger partial charge in [0.05, 0.1) is 26.3 Å². The van der Waals surface area contributed by atoms with E-state index in [0.717, 1.165) is 57.3 Å². The fraction of sp³-hybridized carbons (Fsp3) is 0.632. The predicted molar refractivity (Wildman–Crippen MR) is 96.8 cm³/mol.